The number of carbonyl (C=O) groups is 2. The molecule has 106 valence electrons. The van der Waals surface area contributed by atoms with Gasteiger partial charge in [0.05, 0.1) is 11.6 Å². The number of carbonyl (C=O) groups excluding carboxylic acids is 2. The first kappa shape index (κ1) is 12.9. The minimum atomic E-state index is -0.0966. The van der Waals surface area contributed by atoms with E-state index in [2.05, 4.69) is 16.8 Å². The van der Waals surface area contributed by atoms with Crippen LogP contribution in [-0.2, 0) is 22.6 Å². The standard InChI is InChI=1S/C14H18N4O2/c1-3-13(19)18-6-10(7-18)14(20)17-5-4-12-11(8-17)9(2)15-16-12/h3,10H,1,4-8H2,2H3,(H,15,16). The summed E-state index contributed by atoms with van der Waals surface area (Å²) in [6.45, 7) is 7.80. The lowest BCUT2D eigenvalue weighted by Crippen LogP contribution is -2.56. The minimum Gasteiger partial charge on any atom is -0.337 e. The molecule has 20 heavy (non-hydrogen) atoms. The summed E-state index contributed by atoms with van der Waals surface area (Å²) in [5.41, 5.74) is 3.25. The Morgan fingerprint density at radius 2 is 2.15 bits per heavy atom. The van der Waals surface area contributed by atoms with Crippen molar-refractivity contribution < 1.29 is 9.59 Å². The van der Waals surface area contributed by atoms with Crippen molar-refractivity contribution in [2.45, 2.75) is 19.9 Å². The molecule has 1 aromatic heterocycles. The van der Waals surface area contributed by atoms with Crippen molar-refractivity contribution in [1.29, 1.82) is 0 Å². The number of nitrogens with one attached hydrogen (secondary N) is 1. The summed E-state index contributed by atoms with van der Waals surface area (Å²) in [5.74, 6) is -0.0160. The molecule has 1 saturated heterocycles. The third kappa shape index (κ3) is 2.01. The van der Waals surface area contributed by atoms with Gasteiger partial charge in [0.15, 0.2) is 0 Å². The van der Waals surface area contributed by atoms with Gasteiger partial charge < -0.3 is 9.80 Å². The molecule has 1 aromatic rings. The Hall–Kier alpha value is -2.11. The van der Waals surface area contributed by atoms with Crippen molar-refractivity contribution in [3.05, 3.63) is 29.6 Å². The van der Waals surface area contributed by atoms with Gasteiger partial charge in [-0.15, -0.1) is 0 Å². The second-order valence-corrected chi connectivity index (χ2v) is 5.43. The van der Waals surface area contributed by atoms with E-state index in [4.69, 9.17) is 0 Å². The van der Waals surface area contributed by atoms with Crippen LogP contribution in [-0.4, -0.2) is 51.4 Å². The summed E-state index contributed by atoms with van der Waals surface area (Å²) >= 11 is 0. The highest BCUT2D eigenvalue weighted by atomic mass is 16.2. The number of fused-ring (bicyclic) bond motifs is 1. The molecule has 0 saturated carbocycles. The molecule has 0 spiro atoms. The lowest BCUT2D eigenvalue weighted by Gasteiger charge is -2.40. The number of aromatic amines is 1. The average Bonchev–Trinajstić information content (AvgIpc) is 2.78. The summed E-state index contributed by atoms with van der Waals surface area (Å²) in [6.07, 6.45) is 2.09. The Morgan fingerprint density at radius 3 is 2.85 bits per heavy atom. The molecule has 6 nitrogen and oxygen atoms in total. The number of aromatic nitrogens is 2. The summed E-state index contributed by atoms with van der Waals surface area (Å²) in [4.78, 5) is 27.3. The van der Waals surface area contributed by atoms with Crippen molar-refractivity contribution in [3.8, 4) is 0 Å². The molecule has 2 aliphatic rings. The van der Waals surface area contributed by atoms with Gasteiger partial charge in [-0.1, -0.05) is 6.58 Å². The Balaban J connectivity index is 1.62. The molecular weight excluding hydrogens is 256 g/mol. The number of rotatable bonds is 2. The van der Waals surface area contributed by atoms with Crippen LogP contribution in [0.1, 0.15) is 17.0 Å². The maximum Gasteiger partial charge on any atom is 0.246 e. The summed E-state index contributed by atoms with van der Waals surface area (Å²) in [7, 11) is 0. The lowest BCUT2D eigenvalue weighted by molar-refractivity contribution is -0.146. The molecule has 3 rings (SSSR count). The lowest BCUT2D eigenvalue weighted by atomic mass is 9.96. The number of H-pyrrole nitrogens is 1. The van der Waals surface area contributed by atoms with Crippen LogP contribution in [0.2, 0.25) is 0 Å². The fourth-order valence-corrected chi connectivity index (χ4v) is 2.82. The van der Waals surface area contributed by atoms with Gasteiger partial charge >= 0.3 is 0 Å². The number of aryl methyl sites for hydroxylation is 1. The van der Waals surface area contributed by atoms with Gasteiger partial charge in [-0.25, -0.2) is 0 Å². The quantitative estimate of drug-likeness (QED) is 0.786. The van der Waals surface area contributed by atoms with Crippen LogP contribution in [0.15, 0.2) is 12.7 Å². The molecular formula is C14H18N4O2. The highest BCUT2D eigenvalue weighted by Crippen LogP contribution is 2.24. The smallest absolute Gasteiger partial charge is 0.246 e. The van der Waals surface area contributed by atoms with Crippen molar-refractivity contribution >= 4 is 11.8 Å². The van der Waals surface area contributed by atoms with E-state index >= 15 is 0 Å². The SMILES string of the molecule is C=CC(=O)N1CC(C(=O)N2CCc3n[nH]c(C)c3C2)C1. The molecule has 3 heterocycles. The van der Waals surface area contributed by atoms with Crippen LogP contribution in [0.3, 0.4) is 0 Å². The number of nitrogens with zero attached hydrogens (tertiary/aromatic N) is 3. The second-order valence-electron chi connectivity index (χ2n) is 5.43. The molecule has 0 aromatic carbocycles. The Labute approximate surface area is 117 Å². The van der Waals surface area contributed by atoms with Crippen molar-refractivity contribution in [2.75, 3.05) is 19.6 Å². The van der Waals surface area contributed by atoms with E-state index in [1.54, 1.807) is 4.90 Å². The van der Waals surface area contributed by atoms with E-state index in [0.717, 1.165) is 23.4 Å². The number of amides is 2. The van der Waals surface area contributed by atoms with Gasteiger partial charge in [-0.2, -0.15) is 5.10 Å². The third-order valence-electron chi connectivity index (χ3n) is 4.16. The molecule has 1 N–H and O–H groups in total. The monoisotopic (exact) mass is 274 g/mol. The molecule has 2 amide bonds. The van der Waals surface area contributed by atoms with Gasteiger partial charge in [-0.3, -0.25) is 14.7 Å². The summed E-state index contributed by atoms with van der Waals surface area (Å²) in [5, 5.41) is 7.22. The topological polar surface area (TPSA) is 69.3 Å². The normalized spacial score (nSPS) is 18.4. The average molecular weight is 274 g/mol. The first-order valence-corrected chi connectivity index (χ1v) is 6.83. The second kappa shape index (κ2) is 4.77. The zero-order valence-electron chi connectivity index (χ0n) is 11.6. The van der Waals surface area contributed by atoms with E-state index in [-0.39, 0.29) is 17.7 Å². The van der Waals surface area contributed by atoms with E-state index in [0.29, 0.717) is 26.2 Å². The van der Waals surface area contributed by atoms with E-state index in [9.17, 15) is 9.59 Å². The van der Waals surface area contributed by atoms with Crippen LogP contribution < -0.4 is 0 Å². The number of hydrogen-bond donors (Lipinski definition) is 1. The van der Waals surface area contributed by atoms with Gasteiger partial charge in [0.25, 0.3) is 0 Å². The maximum atomic E-state index is 12.4. The van der Waals surface area contributed by atoms with Gasteiger partial charge in [-0.05, 0) is 13.0 Å². The van der Waals surface area contributed by atoms with Crippen LogP contribution in [0.4, 0.5) is 0 Å². The van der Waals surface area contributed by atoms with E-state index in [1.165, 1.54) is 6.08 Å². The first-order chi connectivity index (χ1) is 9.60. The van der Waals surface area contributed by atoms with Crippen LogP contribution in [0.25, 0.3) is 0 Å². The zero-order valence-corrected chi connectivity index (χ0v) is 11.6. The molecule has 6 heteroatoms. The van der Waals surface area contributed by atoms with Gasteiger partial charge in [0.2, 0.25) is 11.8 Å². The molecule has 0 aliphatic carbocycles. The minimum absolute atomic E-state index is 0.0624. The van der Waals surface area contributed by atoms with E-state index in [1.807, 2.05) is 11.8 Å². The molecule has 0 atom stereocenters. The fourth-order valence-electron chi connectivity index (χ4n) is 2.82. The van der Waals surface area contributed by atoms with Crippen molar-refractivity contribution in [2.24, 2.45) is 5.92 Å². The highest BCUT2D eigenvalue weighted by Gasteiger charge is 2.38. The summed E-state index contributed by atoms with van der Waals surface area (Å²) < 4.78 is 0. The van der Waals surface area contributed by atoms with Gasteiger partial charge in [0.1, 0.15) is 0 Å². The third-order valence-corrected chi connectivity index (χ3v) is 4.16. The predicted molar refractivity (Wildman–Crippen MR) is 72.7 cm³/mol. The fraction of sp³-hybridized carbons (Fsp3) is 0.500. The van der Waals surface area contributed by atoms with Crippen LogP contribution in [0.5, 0.6) is 0 Å². The van der Waals surface area contributed by atoms with Crippen molar-refractivity contribution in [1.82, 2.24) is 20.0 Å². The summed E-state index contributed by atoms with van der Waals surface area (Å²) in [6, 6.07) is 0. The van der Waals surface area contributed by atoms with E-state index < -0.39 is 0 Å². The number of likely N-dealkylation sites (tertiary alicyclic amines) is 1. The van der Waals surface area contributed by atoms with Crippen LogP contribution in [0, 0.1) is 12.8 Å². The zero-order chi connectivity index (χ0) is 14.3. The maximum absolute atomic E-state index is 12.4. The highest BCUT2D eigenvalue weighted by molar-refractivity contribution is 5.90. The number of hydrogen-bond acceptors (Lipinski definition) is 3. The first-order valence-electron chi connectivity index (χ1n) is 6.83. The molecule has 1 fully saturated rings. The molecule has 0 unspecified atom stereocenters. The van der Waals surface area contributed by atoms with Crippen LogP contribution >= 0.6 is 0 Å². The largest absolute Gasteiger partial charge is 0.337 e. The molecule has 2 aliphatic heterocycles. The molecule has 0 radical (unpaired) electrons. The Kier molecular flexibility index (Phi) is 3.08. The Morgan fingerprint density at radius 1 is 1.40 bits per heavy atom. The Bertz CT molecular complexity index is 572. The molecule has 0 bridgehead atoms. The predicted octanol–water partition coefficient (Wildman–Crippen LogP) is 0.247. The van der Waals surface area contributed by atoms with Gasteiger partial charge in [0, 0.05) is 43.9 Å². The van der Waals surface area contributed by atoms with Crippen molar-refractivity contribution in [3.63, 3.8) is 0 Å².